The number of alkyl halides is 1. The van der Waals surface area contributed by atoms with Gasteiger partial charge in [0.15, 0.2) is 0 Å². The number of nitrogens with zero attached hydrogens (tertiary/aromatic N) is 2. The van der Waals surface area contributed by atoms with E-state index in [1.54, 1.807) is 17.3 Å². The molecule has 2 aliphatic rings. The molecule has 0 aliphatic carbocycles. The number of hydrogen-bond acceptors (Lipinski definition) is 4. The molecule has 0 bridgehead atoms. The second kappa shape index (κ2) is 5.60. The van der Waals surface area contributed by atoms with Crippen molar-refractivity contribution < 1.29 is 13.9 Å². The Morgan fingerprint density at radius 1 is 1.60 bits per heavy atom. The Hall–Kier alpha value is -1.30. The lowest BCUT2D eigenvalue weighted by Gasteiger charge is -2.47. The molecule has 4 nitrogen and oxygen atoms in total. The van der Waals surface area contributed by atoms with Crippen molar-refractivity contribution in [2.75, 3.05) is 25.5 Å². The summed E-state index contributed by atoms with van der Waals surface area (Å²) in [5.74, 6) is 1.65. The Kier molecular flexibility index (Phi) is 3.83. The molecule has 1 amide bonds. The van der Waals surface area contributed by atoms with Crippen molar-refractivity contribution in [3.63, 3.8) is 0 Å². The molecule has 6 heteroatoms. The fraction of sp³-hybridized carbons (Fsp3) is 0.571. The fourth-order valence-electron chi connectivity index (χ4n) is 2.77. The average molecular weight is 296 g/mol. The van der Waals surface area contributed by atoms with Gasteiger partial charge in [-0.05, 0) is 12.1 Å². The van der Waals surface area contributed by atoms with Crippen LogP contribution in [0.15, 0.2) is 24.5 Å². The zero-order chi connectivity index (χ0) is 14.0. The lowest BCUT2D eigenvalue weighted by molar-refractivity contribution is -0.136. The van der Waals surface area contributed by atoms with Gasteiger partial charge in [0.1, 0.15) is 11.9 Å². The first kappa shape index (κ1) is 13.7. The minimum absolute atomic E-state index is 0.0103. The summed E-state index contributed by atoms with van der Waals surface area (Å²) >= 11 is 1.87. The van der Waals surface area contributed by atoms with Gasteiger partial charge in [-0.2, -0.15) is 0 Å². The molecule has 3 heterocycles. The van der Waals surface area contributed by atoms with Crippen LogP contribution in [0.1, 0.15) is 12.8 Å². The van der Waals surface area contributed by atoms with Gasteiger partial charge in [0.25, 0.3) is 0 Å². The van der Waals surface area contributed by atoms with E-state index in [0.29, 0.717) is 0 Å². The number of carbonyl (C=O) groups excluding carboxylic acids is 1. The predicted molar refractivity (Wildman–Crippen MR) is 75.6 cm³/mol. The topological polar surface area (TPSA) is 42.4 Å². The van der Waals surface area contributed by atoms with Crippen LogP contribution >= 0.6 is 11.8 Å². The number of halogens is 1. The summed E-state index contributed by atoms with van der Waals surface area (Å²) in [5, 5.41) is 0. The molecule has 1 aromatic heterocycles. The minimum atomic E-state index is -0.567. The molecule has 0 aromatic carbocycles. The molecule has 108 valence electrons. The van der Waals surface area contributed by atoms with Crippen LogP contribution in [-0.2, 0) is 4.79 Å². The van der Waals surface area contributed by atoms with Crippen LogP contribution in [0.3, 0.4) is 0 Å². The van der Waals surface area contributed by atoms with Crippen molar-refractivity contribution in [2.24, 2.45) is 0 Å². The first-order chi connectivity index (χ1) is 9.71. The lowest BCUT2D eigenvalue weighted by Crippen LogP contribution is -2.60. The Labute approximate surface area is 121 Å². The first-order valence-corrected chi connectivity index (χ1v) is 7.74. The molecule has 1 spiro atoms. The summed E-state index contributed by atoms with van der Waals surface area (Å²) in [6.07, 6.45) is 4.55. The maximum atomic E-state index is 12.2. The highest BCUT2D eigenvalue weighted by atomic mass is 32.2. The van der Waals surface area contributed by atoms with Gasteiger partial charge in [-0.3, -0.25) is 14.2 Å². The maximum absolute atomic E-state index is 12.2. The summed E-state index contributed by atoms with van der Waals surface area (Å²) in [7, 11) is 0. The molecule has 0 saturated carbocycles. The molecule has 2 saturated heterocycles. The van der Waals surface area contributed by atoms with Crippen LogP contribution in [0.25, 0.3) is 0 Å². The van der Waals surface area contributed by atoms with E-state index in [9.17, 15) is 9.18 Å². The zero-order valence-corrected chi connectivity index (χ0v) is 11.9. The Balaban J connectivity index is 1.50. The number of ether oxygens (including phenoxy) is 1. The largest absolute Gasteiger partial charge is 0.488 e. The van der Waals surface area contributed by atoms with Gasteiger partial charge in [0, 0.05) is 31.5 Å². The van der Waals surface area contributed by atoms with Gasteiger partial charge in [-0.15, -0.1) is 11.8 Å². The summed E-state index contributed by atoms with van der Waals surface area (Å²) < 4.78 is 18.2. The Bertz CT molecular complexity index is 479. The zero-order valence-electron chi connectivity index (χ0n) is 11.1. The van der Waals surface area contributed by atoms with Crippen molar-refractivity contribution in [3.05, 3.63) is 24.5 Å². The molecule has 20 heavy (non-hydrogen) atoms. The number of aromatic nitrogens is 1. The highest BCUT2D eigenvalue weighted by Crippen LogP contribution is 2.46. The monoisotopic (exact) mass is 296 g/mol. The summed E-state index contributed by atoms with van der Waals surface area (Å²) in [5.41, 5.74) is 0. The number of carbonyl (C=O) groups is 1. The van der Waals surface area contributed by atoms with Crippen molar-refractivity contribution in [1.29, 1.82) is 0 Å². The molecule has 1 atom stereocenters. The second-order valence-electron chi connectivity index (χ2n) is 5.32. The smallest absolute Gasteiger partial charge is 0.225 e. The highest BCUT2D eigenvalue weighted by Gasteiger charge is 2.51. The van der Waals surface area contributed by atoms with E-state index in [0.717, 1.165) is 31.0 Å². The normalized spacial score (nSPS) is 23.6. The van der Waals surface area contributed by atoms with Crippen LogP contribution in [0.5, 0.6) is 5.75 Å². The van der Waals surface area contributed by atoms with Crippen LogP contribution in [-0.4, -0.2) is 52.2 Å². The van der Waals surface area contributed by atoms with Crippen LogP contribution in [0, 0.1) is 0 Å². The van der Waals surface area contributed by atoms with Crippen LogP contribution in [0.4, 0.5) is 4.39 Å². The minimum Gasteiger partial charge on any atom is -0.488 e. The Morgan fingerprint density at radius 2 is 2.45 bits per heavy atom. The van der Waals surface area contributed by atoms with Gasteiger partial charge in [-0.1, -0.05) is 0 Å². The maximum Gasteiger partial charge on any atom is 0.225 e. The third-order valence-electron chi connectivity index (χ3n) is 3.73. The van der Waals surface area contributed by atoms with E-state index in [2.05, 4.69) is 4.98 Å². The molecule has 0 radical (unpaired) electrons. The van der Waals surface area contributed by atoms with Crippen LogP contribution < -0.4 is 4.74 Å². The lowest BCUT2D eigenvalue weighted by atomic mass is 9.92. The number of hydrogen-bond donors (Lipinski definition) is 0. The fourth-order valence-corrected chi connectivity index (χ4v) is 4.30. The van der Waals surface area contributed by atoms with Gasteiger partial charge in [0.2, 0.25) is 5.91 Å². The second-order valence-corrected chi connectivity index (χ2v) is 6.80. The third-order valence-corrected chi connectivity index (χ3v) is 5.31. The van der Waals surface area contributed by atoms with Crippen molar-refractivity contribution >= 4 is 17.7 Å². The molecule has 0 N–H and O–H groups in total. The first-order valence-electron chi connectivity index (χ1n) is 6.75. The number of thioether (sulfide) groups is 1. The van der Waals surface area contributed by atoms with Gasteiger partial charge in [0.05, 0.1) is 24.0 Å². The highest BCUT2D eigenvalue weighted by molar-refractivity contribution is 8.01. The van der Waals surface area contributed by atoms with Crippen LogP contribution in [0.2, 0.25) is 0 Å². The van der Waals surface area contributed by atoms with Gasteiger partial charge < -0.3 is 9.64 Å². The molecule has 1 aromatic rings. The number of rotatable bonds is 4. The molecule has 2 fully saturated rings. The number of likely N-dealkylation sites (tertiary alicyclic amines) is 1. The summed E-state index contributed by atoms with van der Waals surface area (Å²) in [4.78, 5) is 17.4. The van der Waals surface area contributed by atoms with E-state index < -0.39 is 6.67 Å². The molecular weight excluding hydrogens is 279 g/mol. The molecule has 1 unspecified atom stereocenters. The Morgan fingerprint density at radius 3 is 3.15 bits per heavy atom. The standard InChI is InChI=1S/C14H17FN2O2S/c15-4-3-13(18)17-9-14(10-17)6-12(8-20-14)19-11-2-1-5-16-7-11/h1-2,5,7,12H,3-4,6,8-10H2. The van der Waals surface area contributed by atoms with E-state index in [1.807, 2.05) is 23.9 Å². The van der Waals surface area contributed by atoms with E-state index in [1.165, 1.54) is 0 Å². The summed E-state index contributed by atoms with van der Waals surface area (Å²) in [6.45, 7) is 0.884. The summed E-state index contributed by atoms with van der Waals surface area (Å²) in [6, 6.07) is 3.76. The van der Waals surface area contributed by atoms with Crippen molar-refractivity contribution in [1.82, 2.24) is 9.88 Å². The molecule has 3 rings (SSSR count). The van der Waals surface area contributed by atoms with E-state index in [-0.39, 0.29) is 23.2 Å². The SMILES string of the molecule is O=C(CCF)N1CC2(CC(Oc3cccnc3)CS2)C1. The molecular formula is C14H17FN2O2S. The quantitative estimate of drug-likeness (QED) is 0.851. The van der Waals surface area contributed by atoms with E-state index in [4.69, 9.17) is 4.74 Å². The number of pyridine rings is 1. The number of amides is 1. The van der Waals surface area contributed by atoms with Gasteiger partial charge in [-0.25, -0.2) is 0 Å². The van der Waals surface area contributed by atoms with Crippen molar-refractivity contribution in [3.8, 4) is 5.75 Å². The average Bonchev–Trinajstić information content (AvgIpc) is 2.83. The third kappa shape index (κ3) is 2.75. The van der Waals surface area contributed by atoms with Gasteiger partial charge >= 0.3 is 0 Å². The van der Waals surface area contributed by atoms with E-state index >= 15 is 0 Å². The molecule has 2 aliphatic heterocycles. The predicted octanol–water partition coefficient (Wildman–Crippen LogP) is 1.91. The van der Waals surface area contributed by atoms with Crippen molar-refractivity contribution in [2.45, 2.75) is 23.7 Å².